The van der Waals surface area contributed by atoms with Crippen LogP contribution < -0.4 is 5.73 Å². The first-order valence-electron chi connectivity index (χ1n) is 7.09. The lowest BCUT2D eigenvalue weighted by molar-refractivity contribution is -0.0653. The molecule has 0 saturated heterocycles. The molecule has 2 atom stereocenters. The summed E-state index contributed by atoms with van der Waals surface area (Å²) in [5.41, 5.74) is 7.14. The number of thiophene rings is 1. The summed E-state index contributed by atoms with van der Waals surface area (Å²) in [6, 6.07) is 4.60. The molecular weight excluding hydrogens is 306 g/mol. The molecule has 4 bridgehead atoms. The van der Waals surface area contributed by atoms with Crippen molar-refractivity contribution in [2.24, 2.45) is 23.0 Å². The maximum Gasteiger partial charge on any atom is 0.0701 e. The minimum absolute atomic E-state index is 0.486. The Kier molecular flexibility index (Phi) is 2.54. The summed E-state index contributed by atoms with van der Waals surface area (Å²) in [7, 11) is 0. The van der Waals surface area contributed by atoms with Gasteiger partial charge in [-0.1, -0.05) is 0 Å². The monoisotopic (exact) mass is 325 g/mol. The van der Waals surface area contributed by atoms with Crippen LogP contribution in [-0.2, 0) is 5.41 Å². The second kappa shape index (κ2) is 3.83. The Morgan fingerprint density at radius 1 is 1.22 bits per heavy atom. The van der Waals surface area contributed by atoms with Gasteiger partial charge in [0.05, 0.1) is 3.79 Å². The third kappa shape index (κ3) is 1.60. The first-order chi connectivity index (χ1) is 8.63. The highest BCUT2D eigenvalue weighted by atomic mass is 79.9. The zero-order valence-electron chi connectivity index (χ0n) is 10.6. The van der Waals surface area contributed by atoms with Crippen molar-refractivity contribution >= 4 is 27.3 Å². The highest BCUT2D eigenvalue weighted by molar-refractivity contribution is 9.11. The molecule has 0 amide bonds. The Hall–Kier alpha value is 0.140. The molecule has 98 valence electrons. The first kappa shape index (κ1) is 11.9. The molecule has 1 aromatic rings. The number of nitrogens with two attached hydrogens (primary N) is 1. The van der Waals surface area contributed by atoms with E-state index in [1.165, 1.54) is 42.3 Å². The lowest BCUT2D eigenvalue weighted by atomic mass is 9.44. The van der Waals surface area contributed by atoms with Gasteiger partial charge in [-0.25, -0.2) is 0 Å². The van der Waals surface area contributed by atoms with Crippen LogP contribution in [-0.4, -0.2) is 6.54 Å². The van der Waals surface area contributed by atoms with E-state index in [0.717, 1.165) is 18.4 Å². The smallest absolute Gasteiger partial charge is 0.0701 e. The van der Waals surface area contributed by atoms with Crippen LogP contribution >= 0.6 is 27.3 Å². The lowest BCUT2D eigenvalue weighted by Crippen LogP contribution is -2.56. The van der Waals surface area contributed by atoms with Gasteiger partial charge in [0.15, 0.2) is 0 Å². The first-order valence-corrected chi connectivity index (χ1v) is 8.70. The Bertz CT molecular complexity index is 467. The van der Waals surface area contributed by atoms with Gasteiger partial charge in [0.2, 0.25) is 0 Å². The van der Waals surface area contributed by atoms with E-state index < -0.39 is 0 Å². The highest BCUT2D eigenvalue weighted by Gasteiger charge is 2.57. The molecule has 3 heteroatoms. The third-order valence-corrected chi connectivity index (χ3v) is 7.58. The van der Waals surface area contributed by atoms with Crippen molar-refractivity contribution < 1.29 is 0 Å². The molecule has 0 aliphatic heterocycles. The van der Waals surface area contributed by atoms with Crippen LogP contribution in [0.15, 0.2) is 15.9 Å². The van der Waals surface area contributed by atoms with Crippen LogP contribution in [0.5, 0.6) is 0 Å². The van der Waals surface area contributed by atoms with E-state index in [9.17, 15) is 0 Å². The van der Waals surface area contributed by atoms with Crippen LogP contribution in [0.25, 0.3) is 0 Å². The summed E-state index contributed by atoms with van der Waals surface area (Å²) in [5.74, 6) is 1.91. The standard InChI is InChI=1S/C15H20BrNS/c16-13-2-1-12(18-13)15-6-10-3-11(7-15)5-14(4-10,8-15)9-17/h1-2,10-11H,3-9,17H2. The van der Waals surface area contributed by atoms with Crippen LogP contribution in [0.3, 0.4) is 0 Å². The van der Waals surface area contributed by atoms with Gasteiger partial charge in [-0.15, -0.1) is 11.3 Å². The van der Waals surface area contributed by atoms with Crippen molar-refractivity contribution in [3.63, 3.8) is 0 Å². The van der Waals surface area contributed by atoms with E-state index in [2.05, 4.69) is 28.1 Å². The molecular formula is C15H20BrNS. The molecule has 4 saturated carbocycles. The van der Waals surface area contributed by atoms with E-state index >= 15 is 0 Å². The van der Waals surface area contributed by atoms with Gasteiger partial charge in [-0.2, -0.15) is 0 Å². The lowest BCUT2D eigenvalue weighted by Gasteiger charge is -2.62. The minimum atomic E-state index is 0.486. The van der Waals surface area contributed by atoms with Crippen molar-refractivity contribution in [1.82, 2.24) is 0 Å². The molecule has 2 N–H and O–H groups in total. The van der Waals surface area contributed by atoms with Crippen LogP contribution in [0.4, 0.5) is 0 Å². The molecule has 5 rings (SSSR count). The largest absolute Gasteiger partial charge is 0.330 e. The third-order valence-electron chi connectivity index (χ3n) is 5.71. The predicted molar refractivity (Wildman–Crippen MR) is 79.9 cm³/mol. The Balaban J connectivity index is 1.77. The molecule has 2 unspecified atom stereocenters. The molecule has 4 aliphatic carbocycles. The summed E-state index contributed by atoms with van der Waals surface area (Å²) in [5, 5.41) is 0. The summed E-state index contributed by atoms with van der Waals surface area (Å²) < 4.78 is 1.29. The molecule has 0 aromatic carbocycles. The SMILES string of the molecule is NCC12CC3CC(C1)CC(c1ccc(Br)s1)(C3)C2. The minimum Gasteiger partial charge on any atom is -0.330 e. The Labute approximate surface area is 121 Å². The van der Waals surface area contributed by atoms with Gasteiger partial charge in [0.1, 0.15) is 0 Å². The maximum absolute atomic E-state index is 6.16. The Morgan fingerprint density at radius 2 is 1.94 bits per heavy atom. The van der Waals surface area contributed by atoms with Crippen molar-refractivity contribution in [2.45, 2.75) is 43.9 Å². The second-order valence-corrected chi connectivity index (χ2v) is 9.51. The van der Waals surface area contributed by atoms with Gasteiger partial charge in [-0.3, -0.25) is 0 Å². The molecule has 1 heterocycles. The molecule has 0 spiro atoms. The topological polar surface area (TPSA) is 26.0 Å². The van der Waals surface area contributed by atoms with E-state index in [4.69, 9.17) is 5.73 Å². The summed E-state index contributed by atoms with van der Waals surface area (Å²) in [6.07, 6.45) is 8.52. The normalized spacial score (nSPS) is 45.7. The van der Waals surface area contributed by atoms with Crippen LogP contribution in [0.2, 0.25) is 0 Å². The number of halogens is 1. The fourth-order valence-electron chi connectivity index (χ4n) is 5.58. The number of hydrogen-bond acceptors (Lipinski definition) is 2. The second-order valence-electron chi connectivity index (χ2n) is 7.05. The highest BCUT2D eigenvalue weighted by Crippen LogP contribution is 2.66. The molecule has 4 fully saturated rings. The Morgan fingerprint density at radius 3 is 2.50 bits per heavy atom. The molecule has 1 nitrogen and oxygen atoms in total. The molecule has 0 radical (unpaired) electrons. The van der Waals surface area contributed by atoms with Crippen molar-refractivity contribution in [1.29, 1.82) is 0 Å². The van der Waals surface area contributed by atoms with E-state index in [-0.39, 0.29) is 0 Å². The van der Waals surface area contributed by atoms with Gasteiger partial charge in [0, 0.05) is 10.3 Å². The van der Waals surface area contributed by atoms with Crippen molar-refractivity contribution in [2.75, 3.05) is 6.54 Å². The fourth-order valence-corrected chi connectivity index (χ4v) is 7.17. The molecule has 4 aliphatic rings. The molecule has 1 aromatic heterocycles. The van der Waals surface area contributed by atoms with E-state index in [0.29, 0.717) is 10.8 Å². The number of rotatable bonds is 2. The predicted octanol–water partition coefficient (Wildman–Crippen LogP) is 4.31. The van der Waals surface area contributed by atoms with Gasteiger partial charge in [0.25, 0.3) is 0 Å². The van der Waals surface area contributed by atoms with Crippen LogP contribution in [0.1, 0.15) is 43.4 Å². The molecule has 18 heavy (non-hydrogen) atoms. The van der Waals surface area contributed by atoms with E-state index in [1.807, 2.05) is 11.3 Å². The van der Waals surface area contributed by atoms with Crippen molar-refractivity contribution in [3.8, 4) is 0 Å². The summed E-state index contributed by atoms with van der Waals surface area (Å²) in [4.78, 5) is 1.63. The quantitative estimate of drug-likeness (QED) is 0.861. The maximum atomic E-state index is 6.16. The zero-order chi connectivity index (χ0) is 12.4. The average Bonchev–Trinajstić information content (AvgIpc) is 2.75. The van der Waals surface area contributed by atoms with E-state index in [1.54, 1.807) is 4.88 Å². The van der Waals surface area contributed by atoms with Gasteiger partial charge < -0.3 is 5.73 Å². The van der Waals surface area contributed by atoms with Crippen LogP contribution in [0, 0.1) is 17.3 Å². The zero-order valence-corrected chi connectivity index (χ0v) is 13.0. The summed E-state index contributed by atoms with van der Waals surface area (Å²) >= 11 is 5.60. The number of hydrogen-bond donors (Lipinski definition) is 1. The van der Waals surface area contributed by atoms with Gasteiger partial charge in [-0.05, 0) is 90.4 Å². The van der Waals surface area contributed by atoms with Gasteiger partial charge >= 0.3 is 0 Å². The fraction of sp³-hybridized carbons (Fsp3) is 0.733. The average molecular weight is 326 g/mol. The van der Waals surface area contributed by atoms with Crippen molar-refractivity contribution in [3.05, 3.63) is 20.8 Å². The summed E-state index contributed by atoms with van der Waals surface area (Å²) in [6.45, 7) is 0.911.